The Morgan fingerprint density at radius 1 is 1.13 bits per heavy atom. The summed E-state index contributed by atoms with van der Waals surface area (Å²) in [6, 6.07) is 11.5. The van der Waals surface area contributed by atoms with Gasteiger partial charge in [0.2, 0.25) is 5.91 Å². The zero-order valence-corrected chi connectivity index (χ0v) is 19.1. The summed E-state index contributed by atoms with van der Waals surface area (Å²) in [5.74, 6) is 1.70. The molecule has 158 valence electrons. The highest BCUT2D eigenvalue weighted by molar-refractivity contribution is 7.99. The molecule has 1 heterocycles. The molecule has 0 fully saturated rings. The van der Waals surface area contributed by atoms with Crippen molar-refractivity contribution in [3.8, 4) is 5.75 Å². The van der Waals surface area contributed by atoms with Crippen LogP contribution in [0.3, 0.4) is 0 Å². The standard InChI is InChI=1S/C22H25ClN4O2S/c1-5-27-19(12-29-21-15(3)7-6-8-16(21)4)25-26-22(27)30-13-20(28)24-17-10-9-14(2)18(23)11-17/h6-11H,5,12-13H2,1-4H3,(H,24,28). The lowest BCUT2D eigenvalue weighted by atomic mass is 10.1. The van der Waals surface area contributed by atoms with Gasteiger partial charge >= 0.3 is 0 Å². The zero-order chi connectivity index (χ0) is 21.7. The number of carbonyl (C=O) groups is 1. The Balaban J connectivity index is 1.61. The minimum absolute atomic E-state index is 0.126. The van der Waals surface area contributed by atoms with Gasteiger partial charge in [-0.1, -0.05) is 47.6 Å². The monoisotopic (exact) mass is 444 g/mol. The number of hydrogen-bond acceptors (Lipinski definition) is 5. The fourth-order valence-electron chi connectivity index (χ4n) is 3.01. The van der Waals surface area contributed by atoms with E-state index in [9.17, 15) is 4.79 Å². The number of aromatic nitrogens is 3. The summed E-state index contributed by atoms with van der Waals surface area (Å²) in [6.45, 7) is 8.99. The highest BCUT2D eigenvalue weighted by atomic mass is 35.5. The molecule has 0 aliphatic heterocycles. The van der Waals surface area contributed by atoms with E-state index < -0.39 is 0 Å². The Morgan fingerprint density at radius 3 is 2.53 bits per heavy atom. The summed E-state index contributed by atoms with van der Waals surface area (Å²) >= 11 is 7.46. The minimum Gasteiger partial charge on any atom is -0.485 e. The van der Waals surface area contributed by atoms with E-state index in [-0.39, 0.29) is 11.7 Å². The normalized spacial score (nSPS) is 10.8. The molecule has 1 amide bonds. The number of halogens is 1. The van der Waals surface area contributed by atoms with Gasteiger partial charge in [0, 0.05) is 17.3 Å². The number of benzene rings is 2. The van der Waals surface area contributed by atoms with E-state index in [4.69, 9.17) is 16.3 Å². The van der Waals surface area contributed by atoms with E-state index in [1.807, 2.05) is 62.6 Å². The Kier molecular flexibility index (Phi) is 7.39. The largest absolute Gasteiger partial charge is 0.485 e. The number of thioether (sulfide) groups is 1. The molecule has 2 aromatic carbocycles. The zero-order valence-electron chi connectivity index (χ0n) is 17.5. The first-order chi connectivity index (χ1) is 14.4. The number of para-hydroxylation sites is 1. The summed E-state index contributed by atoms with van der Waals surface area (Å²) in [7, 11) is 0. The number of amides is 1. The molecule has 0 saturated heterocycles. The number of hydrogen-bond donors (Lipinski definition) is 1. The molecular weight excluding hydrogens is 420 g/mol. The van der Waals surface area contributed by atoms with E-state index in [0.29, 0.717) is 29.0 Å². The topological polar surface area (TPSA) is 69.0 Å². The molecule has 30 heavy (non-hydrogen) atoms. The molecule has 1 N–H and O–H groups in total. The average Bonchev–Trinajstić information content (AvgIpc) is 3.10. The van der Waals surface area contributed by atoms with Crippen LogP contribution < -0.4 is 10.1 Å². The predicted octanol–water partition coefficient (Wildman–Crippen LogP) is 5.19. The number of anilines is 1. The molecule has 3 rings (SSSR count). The van der Waals surface area contributed by atoms with Gasteiger partial charge < -0.3 is 14.6 Å². The van der Waals surface area contributed by atoms with Crippen LogP contribution in [0, 0.1) is 20.8 Å². The molecule has 0 aliphatic rings. The fourth-order valence-corrected chi connectivity index (χ4v) is 4.01. The van der Waals surface area contributed by atoms with Crippen LogP contribution in [-0.4, -0.2) is 26.4 Å². The number of aryl methyl sites for hydroxylation is 3. The number of nitrogens with one attached hydrogen (secondary N) is 1. The maximum absolute atomic E-state index is 12.3. The number of nitrogens with zero attached hydrogens (tertiary/aromatic N) is 3. The maximum Gasteiger partial charge on any atom is 0.234 e. The van der Waals surface area contributed by atoms with Crippen molar-refractivity contribution in [2.45, 2.75) is 46.0 Å². The second-order valence-electron chi connectivity index (χ2n) is 6.95. The van der Waals surface area contributed by atoms with Gasteiger partial charge in [-0.15, -0.1) is 10.2 Å². The predicted molar refractivity (Wildman–Crippen MR) is 121 cm³/mol. The van der Waals surface area contributed by atoms with Crippen LogP contribution in [-0.2, 0) is 17.9 Å². The highest BCUT2D eigenvalue weighted by Crippen LogP contribution is 2.25. The van der Waals surface area contributed by atoms with Crippen LogP contribution in [0.4, 0.5) is 5.69 Å². The highest BCUT2D eigenvalue weighted by Gasteiger charge is 2.15. The Hall–Kier alpha value is -2.51. The van der Waals surface area contributed by atoms with Crippen LogP contribution in [0.15, 0.2) is 41.6 Å². The molecule has 0 bridgehead atoms. The van der Waals surface area contributed by atoms with E-state index in [0.717, 1.165) is 28.3 Å². The fraction of sp³-hybridized carbons (Fsp3) is 0.318. The lowest BCUT2D eigenvalue weighted by Gasteiger charge is -2.12. The number of rotatable bonds is 8. The third-order valence-electron chi connectivity index (χ3n) is 4.65. The van der Waals surface area contributed by atoms with Crippen LogP contribution in [0.5, 0.6) is 5.75 Å². The van der Waals surface area contributed by atoms with Crippen molar-refractivity contribution in [3.05, 3.63) is 63.9 Å². The van der Waals surface area contributed by atoms with Crippen molar-refractivity contribution in [1.29, 1.82) is 0 Å². The number of ether oxygens (including phenoxy) is 1. The van der Waals surface area contributed by atoms with Gasteiger partial charge in [0.05, 0.1) is 5.75 Å². The van der Waals surface area contributed by atoms with Gasteiger partial charge in [0.1, 0.15) is 12.4 Å². The summed E-state index contributed by atoms with van der Waals surface area (Å²) in [5.41, 5.74) is 3.81. The summed E-state index contributed by atoms with van der Waals surface area (Å²) in [6.07, 6.45) is 0. The van der Waals surface area contributed by atoms with Crippen LogP contribution in [0.1, 0.15) is 29.4 Å². The van der Waals surface area contributed by atoms with Crippen LogP contribution in [0.25, 0.3) is 0 Å². The molecule has 0 spiro atoms. The third kappa shape index (κ3) is 5.34. The smallest absolute Gasteiger partial charge is 0.234 e. The summed E-state index contributed by atoms with van der Waals surface area (Å²) in [4.78, 5) is 12.3. The Bertz CT molecular complexity index is 1030. The minimum atomic E-state index is -0.126. The summed E-state index contributed by atoms with van der Waals surface area (Å²) in [5, 5.41) is 12.7. The Morgan fingerprint density at radius 2 is 1.87 bits per heavy atom. The van der Waals surface area contributed by atoms with E-state index in [1.54, 1.807) is 6.07 Å². The quantitative estimate of drug-likeness (QED) is 0.484. The molecule has 6 nitrogen and oxygen atoms in total. The van der Waals surface area contributed by atoms with E-state index in [2.05, 4.69) is 15.5 Å². The molecular formula is C22H25ClN4O2S. The van der Waals surface area contributed by atoms with Crippen LogP contribution in [0.2, 0.25) is 5.02 Å². The Labute approximate surface area is 186 Å². The lowest BCUT2D eigenvalue weighted by Crippen LogP contribution is -2.15. The van der Waals surface area contributed by atoms with Gasteiger partial charge in [-0.3, -0.25) is 4.79 Å². The van der Waals surface area contributed by atoms with Crippen molar-refractivity contribution >= 4 is 35.0 Å². The van der Waals surface area contributed by atoms with Crippen LogP contribution >= 0.6 is 23.4 Å². The maximum atomic E-state index is 12.3. The number of carbonyl (C=O) groups excluding carboxylic acids is 1. The van der Waals surface area contributed by atoms with Gasteiger partial charge in [-0.05, 0) is 56.5 Å². The molecule has 0 aliphatic carbocycles. The molecule has 3 aromatic rings. The average molecular weight is 445 g/mol. The van der Waals surface area contributed by atoms with Gasteiger partial charge in [-0.2, -0.15) is 0 Å². The first-order valence-electron chi connectivity index (χ1n) is 9.69. The SMILES string of the molecule is CCn1c(COc2c(C)cccc2C)nnc1SCC(=O)Nc1ccc(C)c(Cl)c1. The van der Waals surface area contributed by atoms with Crippen molar-refractivity contribution in [2.75, 3.05) is 11.1 Å². The van der Waals surface area contributed by atoms with Gasteiger partial charge in [-0.25, -0.2) is 0 Å². The first kappa shape index (κ1) is 22.2. The van der Waals surface area contributed by atoms with Crippen molar-refractivity contribution in [3.63, 3.8) is 0 Å². The van der Waals surface area contributed by atoms with Gasteiger partial charge in [0.15, 0.2) is 11.0 Å². The molecule has 0 atom stereocenters. The van der Waals surface area contributed by atoms with E-state index >= 15 is 0 Å². The first-order valence-corrected chi connectivity index (χ1v) is 11.0. The molecule has 1 aromatic heterocycles. The lowest BCUT2D eigenvalue weighted by molar-refractivity contribution is -0.113. The van der Waals surface area contributed by atoms with E-state index in [1.165, 1.54) is 11.8 Å². The third-order valence-corrected chi connectivity index (χ3v) is 6.03. The van der Waals surface area contributed by atoms with Crippen molar-refractivity contribution in [2.24, 2.45) is 0 Å². The van der Waals surface area contributed by atoms with Crippen molar-refractivity contribution < 1.29 is 9.53 Å². The molecule has 0 unspecified atom stereocenters. The second-order valence-corrected chi connectivity index (χ2v) is 8.30. The molecule has 0 saturated carbocycles. The van der Waals surface area contributed by atoms with Crippen molar-refractivity contribution in [1.82, 2.24) is 14.8 Å². The molecule has 0 radical (unpaired) electrons. The second kappa shape index (κ2) is 10.00. The van der Waals surface area contributed by atoms with Gasteiger partial charge in [0.25, 0.3) is 0 Å². The summed E-state index contributed by atoms with van der Waals surface area (Å²) < 4.78 is 7.98. The molecule has 8 heteroatoms.